The second kappa shape index (κ2) is 6.27. The van der Waals surface area contributed by atoms with Crippen molar-refractivity contribution in [1.29, 1.82) is 0 Å². The number of aromatic nitrogens is 1. The average molecular weight is 415 g/mol. The molecule has 4 saturated carbocycles. The van der Waals surface area contributed by atoms with E-state index in [-0.39, 0.29) is 11.6 Å². The normalized spacial score (nSPS) is 36.7. The predicted octanol–water partition coefficient (Wildman–Crippen LogP) is 6.21. The molecule has 3 heteroatoms. The minimum atomic E-state index is 0.108. The molecule has 8 rings (SSSR count). The second-order valence-corrected chi connectivity index (χ2v) is 11.5. The highest BCUT2D eigenvalue weighted by molar-refractivity contribution is 6.00. The Morgan fingerprint density at radius 3 is 2.29 bits per heavy atom. The van der Waals surface area contributed by atoms with Crippen molar-refractivity contribution in [2.75, 3.05) is 0 Å². The number of carbonyl (C=O) groups is 1. The summed E-state index contributed by atoms with van der Waals surface area (Å²) < 4.78 is 2.36. The van der Waals surface area contributed by atoms with Crippen LogP contribution in [-0.4, -0.2) is 20.9 Å². The fourth-order valence-corrected chi connectivity index (χ4v) is 8.94. The molecule has 1 amide bonds. The van der Waals surface area contributed by atoms with Gasteiger partial charge < -0.3 is 9.47 Å². The van der Waals surface area contributed by atoms with E-state index in [1.165, 1.54) is 84.7 Å². The Morgan fingerprint density at radius 1 is 0.935 bits per heavy atom. The number of benzene rings is 1. The van der Waals surface area contributed by atoms with Gasteiger partial charge in [-0.3, -0.25) is 4.79 Å². The van der Waals surface area contributed by atoms with E-state index in [1.807, 2.05) is 0 Å². The number of hydrogen-bond donors (Lipinski definition) is 0. The minimum Gasteiger partial charge on any atom is -0.348 e. The lowest BCUT2D eigenvalue weighted by atomic mass is 9.52. The molecular weight excluding hydrogens is 380 g/mol. The molecule has 0 N–H and O–H groups in total. The maximum absolute atomic E-state index is 14.2. The third-order valence-electron chi connectivity index (χ3n) is 9.81. The molecule has 1 atom stereocenters. The standard InChI is InChI=1S/C28H34N2O/c1-17-25(23-9-5-6-10-24(23)29(17)2)26-21-7-3-4-8-22(21)27(31)30(26)28-14-18-11-19(15-28)13-20(12-18)16-28/h5-6,9-10,18-20,26H,3-4,7-8,11-16H2,1-2H3. The first-order chi connectivity index (χ1) is 15.1. The summed E-state index contributed by atoms with van der Waals surface area (Å²) >= 11 is 0. The van der Waals surface area contributed by atoms with Gasteiger partial charge in [-0.15, -0.1) is 0 Å². The zero-order valence-corrected chi connectivity index (χ0v) is 19.0. The first-order valence-electron chi connectivity index (χ1n) is 12.7. The van der Waals surface area contributed by atoms with Crippen LogP contribution in [0.25, 0.3) is 10.9 Å². The Bertz CT molecular complexity index is 1100. The van der Waals surface area contributed by atoms with Crippen LogP contribution >= 0.6 is 0 Å². The fourth-order valence-electron chi connectivity index (χ4n) is 8.94. The second-order valence-electron chi connectivity index (χ2n) is 11.5. The SMILES string of the molecule is Cc1c(C2C3=C(CCCC3)C(=O)N2C23CC4CC(CC(C4)C2)C3)c2ccccc2n1C. The van der Waals surface area contributed by atoms with Crippen LogP contribution in [0.4, 0.5) is 0 Å². The molecule has 3 nitrogen and oxygen atoms in total. The van der Waals surface area contributed by atoms with E-state index in [4.69, 9.17) is 0 Å². The maximum Gasteiger partial charge on any atom is 0.251 e. The van der Waals surface area contributed by atoms with Crippen molar-refractivity contribution in [3.63, 3.8) is 0 Å². The molecule has 4 fully saturated rings. The van der Waals surface area contributed by atoms with Gasteiger partial charge in [0.25, 0.3) is 5.91 Å². The van der Waals surface area contributed by atoms with Gasteiger partial charge in [-0.2, -0.15) is 0 Å². The number of nitrogens with zero attached hydrogens (tertiary/aromatic N) is 2. The van der Waals surface area contributed by atoms with Crippen LogP contribution in [0.1, 0.15) is 81.5 Å². The summed E-state index contributed by atoms with van der Waals surface area (Å²) in [6, 6.07) is 9.03. The van der Waals surface area contributed by atoms with E-state index in [0.717, 1.165) is 30.6 Å². The van der Waals surface area contributed by atoms with E-state index in [1.54, 1.807) is 0 Å². The highest BCUT2D eigenvalue weighted by Gasteiger charge is 2.59. The fraction of sp³-hybridized carbons (Fsp3) is 0.607. The van der Waals surface area contributed by atoms with Gasteiger partial charge >= 0.3 is 0 Å². The van der Waals surface area contributed by atoms with Crippen LogP contribution in [0.2, 0.25) is 0 Å². The molecular formula is C28H34N2O. The molecule has 2 aromatic rings. The smallest absolute Gasteiger partial charge is 0.251 e. The first kappa shape index (κ1) is 18.5. The van der Waals surface area contributed by atoms with Crippen molar-refractivity contribution in [2.24, 2.45) is 24.8 Å². The summed E-state index contributed by atoms with van der Waals surface area (Å²) in [5.74, 6) is 2.97. The predicted molar refractivity (Wildman–Crippen MR) is 124 cm³/mol. The van der Waals surface area contributed by atoms with E-state index in [9.17, 15) is 4.79 Å². The molecule has 162 valence electrons. The van der Waals surface area contributed by atoms with Crippen molar-refractivity contribution in [3.8, 4) is 0 Å². The maximum atomic E-state index is 14.2. The summed E-state index contributed by atoms with van der Waals surface area (Å²) in [6.45, 7) is 2.28. The number of para-hydroxylation sites is 1. The van der Waals surface area contributed by atoms with Crippen LogP contribution in [0.5, 0.6) is 0 Å². The summed E-state index contributed by atoms with van der Waals surface area (Å²) in [5.41, 5.74) is 6.85. The van der Waals surface area contributed by atoms with Crippen molar-refractivity contribution >= 4 is 16.8 Å². The van der Waals surface area contributed by atoms with E-state index in [0.29, 0.717) is 5.91 Å². The third-order valence-corrected chi connectivity index (χ3v) is 9.81. The zero-order chi connectivity index (χ0) is 20.9. The highest BCUT2D eigenvalue weighted by atomic mass is 16.2. The Balaban J connectivity index is 1.45. The molecule has 1 aromatic carbocycles. The lowest BCUT2D eigenvalue weighted by molar-refractivity contribution is -0.148. The molecule has 4 bridgehead atoms. The number of rotatable bonds is 2. The third kappa shape index (κ3) is 2.38. The van der Waals surface area contributed by atoms with E-state index >= 15 is 0 Å². The number of carbonyl (C=O) groups excluding carboxylic acids is 1. The van der Waals surface area contributed by atoms with E-state index < -0.39 is 0 Å². The van der Waals surface area contributed by atoms with E-state index in [2.05, 4.69) is 47.7 Å². The monoisotopic (exact) mass is 414 g/mol. The molecule has 1 unspecified atom stereocenters. The number of hydrogen-bond acceptors (Lipinski definition) is 1. The number of fused-ring (bicyclic) bond motifs is 1. The molecule has 0 radical (unpaired) electrons. The molecule has 0 saturated heterocycles. The van der Waals surface area contributed by atoms with Gasteiger partial charge in [0.1, 0.15) is 0 Å². The van der Waals surface area contributed by atoms with Gasteiger partial charge in [-0.25, -0.2) is 0 Å². The summed E-state index contributed by atoms with van der Waals surface area (Å²) in [5, 5.41) is 1.36. The van der Waals surface area contributed by atoms with Gasteiger partial charge in [0.2, 0.25) is 0 Å². The summed E-state index contributed by atoms with van der Waals surface area (Å²) in [4.78, 5) is 16.7. The largest absolute Gasteiger partial charge is 0.348 e. The van der Waals surface area contributed by atoms with Crippen LogP contribution in [0, 0.1) is 24.7 Å². The topological polar surface area (TPSA) is 25.2 Å². The van der Waals surface area contributed by atoms with Gasteiger partial charge in [-0.05, 0) is 101 Å². The lowest BCUT2D eigenvalue weighted by Gasteiger charge is -2.61. The van der Waals surface area contributed by atoms with Crippen molar-refractivity contribution in [3.05, 3.63) is 46.7 Å². The van der Waals surface area contributed by atoms with Crippen LogP contribution in [-0.2, 0) is 11.8 Å². The lowest BCUT2D eigenvalue weighted by Crippen LogP contribution is -2.61. The van der Waals surface area contributed by atoms with Gasteiger partial charge in [0, 0.05) is 40.3 Å². The zero-order valence-electron chi connectivity index (χ0n) is 19.0. The van der Waals surface area contributed by atoms with Crippen LogP contribution < -0.4 is 0 Å². The van der Waals surface area contributed by atoms with Gasteiger partial charge in [0.05, 0.1) is 6.04 Å². The number of aryl methyl sites for hydroxylation is 1. The molecule has 6 aliphatic rings. The van der Waals surface area contributed by atoms with Crippen LogP contribution in [0.3, 0.4) is 0 Å². The summed E-state index contributed by atoms with van der Waals surface area (Å²) in [7, 11) is 2.20. The molecule has 2 heterocycles. The molecule has 31 heavy (non-hydrogen) atoms. The van der Waals surface area contributed by atoms with Crippen molar-refractivity contribution in [1.82, 2.24) is 9.47 Å². The number of amides is 1. The average Bonchev–Trinajstić information content (AvgIpc) is 3.19. The summed E-state index contributed by atoms with van der Waals surface area (Å²) in [6.07, 6.45) is 12.6. The van der Waals surface area contributed by atoms with Gasteiger partial charge in [-0.1, -0.05) is 18.2 Å². The quantitative estimate of drug-likeness (QED) is 0.573. The highest BCUT2D eigenvalue weighted by Crippen LogP contribution is 2.62. The molecule has 0 spiro atoms. The first-order valence-corrected chi connectivity index (χ1v) is 12.7. The molecule has 5 aliphatic carbocycles. The van der Waals surface area contributed by atoms with Crippen molar-refractivity contribution < 1.29 is 4.79 Å². The molecule has 1 aromatic heterocycles. The van der Waals surface area contributed by atoms with Crippen LogP contribution in [0.15, 0.2) is 35.4 Å². The van der Waals surface area contributed by atoms with Crippen molar-refractivity contribution in [2.45, 2.75) is 82.7 Å². The Kier molecular flexibility index (Phi) is 3.75. The Labute approximate surface area is 185 Å². The Hall–Kier alpha value is -2.03. The van der Waals surface area contributed by atoms with Gasteiger partial charge in [0.15, 0.2) is 0 Å². The Morgan fingerprint density at radius 2 is 1.58 bits per heavy atom. The minimum absolute atomic E-state index is 0.108. The molecule has 1 aliphatic heterocycles.